The molecule has 0 spiro atoms. The molecule has 59 heavy (non-hydrogen) atoms. The van der Waals surface area contributed by atoms with E-state index in [-0.39, 0.29) is 23.2 Å². The van der Waals surface area contributed by atoms with E-state index >= 15 is 0 Å². The molecular formula is C48H56N2O6P2S. The van der Waals surface area contributed by atoms with E-state index in [0.717, 1.165) is 42.9 Å². The maximum Gasteiger partial charge on any atom is 0.325 e. The molecule has 4 N–H and O–H groups in total. The van der Waals surface area contributed by atoms with Gasteiger partial charge in [-0.1, -0.05) is 78.0 Å². The third-order valence-corrected chi connectivity index (χ3v) is 14.0. The number of unbranched alkanes of at least 4 members (excludes halogenated alkanes) is 2. The van der Waals surface area contributed by atoms with Gasteiger partial charge in [0.1, 0.15) is 0 Å². The van der Waals surface area contributed by atoms with Crippen LogP contribution in [-0.2, 0) is 33.0 Å². The Kier molecular flexibility index (Phi) is 12.2. The van der Waals surface area contributed by atoms with Crippen molar-refractivity contribution in [3.8, 4) is 0 Å². The average Bonchev–Trinajstić information content (AvgIpc) is 3.83. The number of aryl methyl sites for hydroxylation is 2. The molecule has 0 aliphatic heterocycles. The monoisotopic (exact) mass is 850 g/mol. The summed E-state index contributed by atoms with van der Waals surface area (Å²) in [4.78, 5) is 39.8. The Labute approximate surface area is 351 Å². The molecular weight excluding hydrogens is 795 g/mol. The molecule has 0 saturated carbocycles. The molecule has 0 bridgehead atoms. The maximum absolute atomic E-state index is 11.5. The predicted molar refractivity (Wildman–Crippen MR) is 251 cm³/mol. The van der Waals surface area contributed by atoms with E-state index in [2.05, 4.69) is 160 Å². The van der Waals surface area contributed by atoms with Crippen molar-refractivity contribution in [2.24, 2.45) is 0 Å². The lowest BCUT2D eigenvalue weighted by molar-refractivity contribution is 0.368. The first-order valence-electron chi connectivity index (χ1n) is 20.4. The van der Waals surface area contributed by atoms with Gasteiger partial charge in [-0.05, 0) is 132 Å². The van der Waals surface area contributed by atoms with Gasteiger partial charge in [0.25, 0.3) is 0 Å². The molecule has 310 valence electrons. The average molecular weight is 851 g/mol. The molecule has 11 heteroatoms. The number of hydrogen-bond donors (Lipinski definition) is 4. The molecule has 7 aromatic rings. The van der Waals surface area contributed by atoms with Crippen LogP contribution in [0.1, 0.15) is 99.2 Å². The van der Waals surface area contributed by atoms with Crippen molar-refractivity contribution in [3.05, 3.63) is 117 Å². The minimum atomic E-state index is -4.02. The Morgan fingerprint density at radius 1 is 0.492 bits per heavy atom. The Morgan fingerprint density at radius 2 is 0.847 bits per heavy atom. The van der Waals surface area contributed by atoms with E-state index in [1.807, 2.05) is 0 Å². The van der Waals surface area contributed by atoms with E-state index in [1.54, 1.807) is 11.3 Å². The summed E-state index contributed by atoms with van der Waals surface area (Å²) < 4.78 is 27.5. The zero-order valence-electron chi connectivity index (χ0n) is 34.9. The van der Waals surface area contributed by atoms with E-state index < -0.39 is 15.2 Å². The van der Waals surface area contributed by atoms with Crippen LogP contribution < -0.4 is 0 Å². The molecule has 0 amide bonds. The highest BCUT2D eigenvalue weighted by molar-refractivity contribution is 7.52. The highest BCUT2D eigenvalue weighted by atomic mass is 32.1. The number of benzene rings is 4. The fourth-order valence-corrected chi connectivity index (χ4v) is 10.0. The first kappa shape index (κ1) is 43.1. The summed E-state index contributed by atoms with van der Waals surface area (Å²) in [5, 5.41) is 4.73. The summed E-state index contributed by atoms with van der Waals surface area (Å²) in [6.07, 6.45) is 10.8. The van der Waals surface area contributed by atoms with Crippen LogP contribution in [0.3, 0.4) is 0 Å². The van der Waals surface area contributed by atoms with Crippen LogP contribution in [0.25, 0.3) is 67.9 Å². The molecule has 0 saturated heterocycles. The topological polar surface area (TPSA) is 125 Å². The van der Waals surface area contributed by atoms with Gasteiger partial charge in [-0.3, -0.25) is 9.13 Å². The maximum atomic E-state index is 11.5. The Morgan fingerprint density at radius 3 is 1.20 bits per heavy atom. The first-order valence-corrected chi connectivity index (χ1v) is 24.8. The van der Waals surface area contributed by atoms with Gasteiger partial charge in [-0.25, -0.2) is 0 Å². The quantitative estimate of drug-likeness (QED) is 0.0638. The van der Waals surface area contributed by atoms with E-state index in [1.165, 1.54) is 32.7 Å². The lowest BCUT2D eigenvalue weighted by Crippen LogP contribution is -2.10. The zero-order chi connectivity index (χ0) is 42.3. The van der Waals surface area contributed by atoms with Crippen LogP contribution in [0.4, 0.5) is 0 Å². The lowest BCUT2D eigenvalue weighted by Gasteiger charge is -2.19. The molecule has 0 aliphatic carbocycles. The zero-order valence-corrected chi connectivity index (χ0v) is 37.5. The van der Waals surface area contributed by atoms with E-state index in [4.69, 9.17) is 0 Å². The number of fused-ring (bicyclic) bond motifs is 6. The SMILES string of the molecule is CC(C)(C)c1ccc2c(c1)c1cc(/C=C/c3ccc(/C=C/c4ccc5c(c4)c4cc(C(C)(C)C)ccc4n5CCCCP(=O)(O)O)s3)ccc1n2CCCCP(=O)(O)O. The normalized spacial score (nSPS) is 13.5. The Balaban J connectivity index is 1.13. The minimum Gasteiger partial charge on any atom is -0.340 e. The Hall–Kier alpha value is -4.04. The summed E-state index contributed by atoms with van der Waals surface area (Å²) in [6.45, 7) is 14.7. The second kappa shape index (κ2) is 16.8. The van der Waals surface area contributed by atoms with E-state index in [9.17, 15) is 28.7 Å². The van der Waals surface area contributed by atoms with Crippen molar-refractivity contribution in [1.29, 1.82) is 0 Å². The summed E-state index contributed by atoms with van der Waals surface area (Å²) >= 11 is 1.73. The lowest BCUT2D eigenvalue weighted by atomic mass is 9.86. The smallest absolute Gasteiger partial charge is 0.325 e. The van der Waals surface area contributed by atoms with Gasteiger partial charge in [0, 0.05) is 78.8 Å². The highest BCUT2D eigenvalue weighted by Crippen LogP contribution is 2.39. The number of aromatic nitrogens is 2. The van der Waals surface area contributed by atoms with Gasteiger partial charge in [-0.15, -0.1) is 11.3 Å². The molecule has 0 radical (unpaired) electrons. The second-order valence-corrected chi connectivity index (χ2v) is 22.6. The molecule has 8 nitrogen and oxygen atoms in total. The molecule has 0 atom stereocenters. The predicted octanol–water partition coefficient (Wildman–Crippen LogP) is 12.8. The van der Waals surface area contributed by atoms with Gasteiger partial charge < -0.3 is 28.7 Å². The molecule has 0 unspecified atom stereocenters. The molecule has 0 aliphatic rings. The molecule has 0 fully saturated rings. The van der Waals surface area contributed by atoms with Gasteiger partial charge in [0.15, 0.2) is 0 Å². The largest absolute Gasteiger partial charge is 0.340 e. The van der Waals surface area contributed by atoms with E-state index in [0.29, 0.717) is 38.8 Å². The third-order valence-electron chi connectivity index (χ3n) is 11.2. The van der Waals surface area contributed by atoms with Crippen molar-refractivity contribution in [1.82, 2.24) is 9.13 Å². The molecule has 4 aromatic carbocycles. The summed E-state index contributed by atoms with van der Waals surface area (Å²) in [6, 6.07) is 30.8. The van der Waals surface area contributed by atoms with Crippen molar-refractivity contribution in [2.75, 3.05) is 12.3 Å². The van der Waals surface area contributed by atoms with Gasteiger partial charge in [0.05, 0.1) is 0 Å². The number of hydrogen-bond acceptors (Lipinski definition) is 3. The van der Waals surface area contributed by atoms with Gasteiger partial charge in [-0.2, -0.15) is 0 Å². The third kappa shape index (κ3) is 10.3. The fraction of sp³-hybridized carbons (Fsp3) is 0.333. The first-order chi connectivity index (χ1) is 27.7. The van der Waals surface area contributed by atoms with Gasteiger partial charge in [0.2, 0.25) is 0 Å². The van der Waals surface area contributed by atoms with Gasteiger partial charge >= 0.3 is 15.2 Å². The highest BCUT2D eigenvalue weighted by Gasteiger charge is 2.20. The molecule has 7 rings (SSSR count). The summed E-state index contributed by atoms with van der Waals surface area (Å²) in [5.74, 6) is 0. The second-order valence-electron chi connectivity index (χ2n) is 17.9. The molecule has 3 heterocycles. The van der Waals surface area contributed by atoms with Crippen LogP contribution in [0.15, 0.2) is 84.9 Å². The van der Waals surface area contributed by atoms with Crippen LogP contribution in [0.2, 0.25) is 0 Å². The Bertz CT molecular complexity index is 2630. The van der Waals surface area contributed by atoms with Crippen molar-refractivity contribution in [3.63, 3.8) is 0 Å². The van der Waals surface area contributed by atoms with Crippen LogP contribution >= 0.6 is 26.5 Å². The minimum absolute atomic E-state index is 0.00241. The summed E-state index contributed by atoms with van der Waals surface area (Å²) in [7, 11) is -8.03. The van der Waals surface area contributed by atoms with Crippen molar-refractivity contribution < 1.29 is 28.7 Å². The van der Waals surface area contributed by atoms with Crippen molar-refractivity contribution >= 4 is 94.4 Å². The number of rotatable bonds is 14. The fourth-order valence-electron chi connectivity index (χ4n) is 7.95. The number of nitrogens with zero attached hydrogens (tertiary/aromatic N) is 2. The van der Waals surface area contributed by atoms with Crippen LogP contribution in [0, 0.1) is 0 Å². The van der Waals surface area contributed by atoms with Crippen LogP contribution in [0.5, 0.6) is 0 Å². The standard InChI is InChI=1S/C48H56N2O6P2S/c1-47(2,3)35-15-23-45-41(31-35)39-29-33(13-21-43(39)49(45)25-7-9-27-57(51,52)53)11-17-37-19-20-38(59-37)18-12-34-14-22-44-40(30-34)42-32-36(48(4,5)6)16-24-46(42)50(44)26-8-10-28-58(54,55)56/h11-24,29-32H,7-10,25-28H2,1-6H3,(H2,51,52,53)(H2,54,55,56)/b17-11+,18-12+. The van der Waals surface area contributed by atoms with Crippen LogP contribution in [-0.4, -0.2) is 41.0 Å². The summed E-state index contributed by atoms with van der Waals surface area (Å²) in [5.41, 5.74) is 9.25. The molecule has 3 aromatic heterocycles. The van der Waals surface area contributed by atoms with Crippen molar-refractivity contribution in [2.45, 2.75) is 91.1 Å². The number of thiophene rings is 1.